The van der Waals surface area contributed by atoms with Gasteiger partial charge in [0.1, 0.15) is 18.2 Å². The lowest BCUT2D eigenvalue weighted by Crippen LogP contribution is -2.20. The van der Waals surface area contributed by atoms with Crippen molar-refractivity contribution in [3.05, 3.63) is 11.8 Å². The zero-order valence-electron chi connectivity index (χ0n) is 14.1. The molecule has 0 aliphatic carbocycles. The van der Waals surface area contributed by atoms with Gasteiger partial charge in [-0.2, -0.15) is 10.4 Å². The molecule has 2 heterocycles. The van der Waals surface area contributed by atoms with Crippen LogP contribution in [0.2, 0.25) is 0 Å². The maximum atomic E-state index is 13.0. The largest absolute Gasteiger partial charge is 0.378 e. The van der Waals surface area contributed by atoms with Crippen LogP contribution in [-0.2, 0) is 16.1 Å². The fourth-order valence-electron chi connectivity index (χ4n) is 2.71. The Bertz CT molecular complexity index is 643. The molecule has 0 saturated carbocycles. The minimum Gasteiger partial charge on any atom is -0.378 e. The number of halogens is 2. The maximum absolute atomic E-state index is 13.0. The zero-order chi connectivity index (χ0) is 18.0. The molecule has 0 spiro atoms. The Morgan fingerprint density at radius 2 is 2.33 bits per heavy atom. The Morgan fingerprint density at radius 3 is 2.88 bits per heavy atom. The Morgan fingerprint density at radius 1 is 1.62 bits per heavy atom. The average molecular weight is 340 g/mol. The molecule has 1 unspecified atom stereocenters. The van der Waals surface area contributed by atoms with Crippen molar-refractivity contribution in [1.29, 1.82) is 5.26 Å². The molecule has 1 aliphatic rings. The van der Waals surface area contributed by atoms with Gasteiger partial charge in [-0.3, -0.25) is 9.48 Å². The zero-order valence-corrected chi connectivity index (χ0v) is 14.1. The van der Waals surface area contributed by atoms with E-state index in [2.05, 4.69) is 24.3 Å². The molecule has 1 atom stereocenters. The number of nitrogens with one attached hydrogen (secondary N) is 1. The standard InChI is InChI=1S/C16H22F2N4O2/c1-15(2)6-12(24-10-15)4-5-13(23)20-14-11(7-19)8-22(21-14)9-16(3,17)18/h8,12H,4-6,9-10H2,1-3H3,(H,20,21,23). The highest BCUT2D eigenvalue weighted by Gasteiger charge is 2.32. The van der Waals surface area contributed by atoms with Crippen molar-refractivity contribution in [3.63, 3.8) is 0 Å². The van der Waals surface area contributed by atoms with Crippen molar-refractivity contribution in [2.45, 2.75) is 58.6 Å². The van der Waals surface area contributed by atoms with Gasteiger partial charge in [0.2, 0.25) is 5.91 Å². The summed E-state index contributed by atoms with van der Waals surface area (Å²) in [5.41, 5.74) is 0.185. The van der Waals surface area contributed by atoms with Gasteiger partial charge in [-0.15, -0.1) is 0 Å². The summed E-state index contributed by atoms with van der Waals surface area (Å²) in [5, 5.41) is 15.4. The molecule has 8 heteroatoms. The smallest absolute Gasteiger partial charge is 0.264 e. The van der Waals surface area contributed by atoms with Gasteiger partial charge < -0.3 is 10.1 Å². The van der Waals surface area contributed by atoms with E-state index in [4.69, 9.17) is 10.00 Å². The molecule has 1 N–H and O–H groups in total. The highest BCUT2D eigenvalue weighted by Crippen LogP contribution is 2.33. The molecular formula is C16H22F2N4O2. The minimum atomic E-state index is -2.95. The number of hydrogen-bond acceptors (Lipinski definition) is 4. The quantitative estimate of drug-likeness (QED) is 0.863. The second kappa shape index (κ2) is 6.85. The molecule has 1 aromatic rings. The van der Waals surface area contributed by atoms with Crippen molar-refractivity contribution in [2.24, 2.45) is 5.41 Å². The second-order valence-corrected chi connectivity index (χ2v) is 7.16. The van der Waals surface area contributed by atoms with E-state index in [1.54, 1.807) is 0 Å². The van der Waals surface area contributed by atoms with Crippen LogP contribution in [0.1, 0.15) is 45.6 Å². The number of rotatable bonds is 6. The van der Waals surface area contributed by atoms with Crippen molar-refractivity contribution in [3.8, 4) is 6.07 Å². The SMILES string of the molecule is CC(F)(F)Cn1cc(C#N)c(NC(=O)CCC2CC(C)(C)CO2)n1. The van der Waals surface area contributed by atoms with Gasteiger partial charge in [-0.1, -0.05) is 13.8 Å². The first kappa shape index (κ1) is 18.3. The molecule has 0 radical (unpaired) electrons. The number of carbonyl (C=O) groups is 1. The van der Waals surface area contributed by atoms with E-state index in [0.717, 1.165) is 18.0 Å². The van der Waals surface area contributed by atoms with E-state index in [1.807, 2.05) is 6.07 Å². The van der Waals surface area contributed by atoms with E-state index in [0.29, 0.717) is 13.0 Å². The number of aromatic nitrogens is 2. The Balaban J connectivity index is 1.90. The van der Waals surface area contributed by atoms with E-state index in [-0.39, 0.29) is 35.2 Å². The number of ether oxygens (including phenoxy) is 1. The van der Waals surface area contributed by atoms with E-state index in [1.165, 1.54) is 6.20 Å². The molecule has 1 aliphatic heterocycles. The molecule has 24 heavy (non-hydrogen) atoms. The van der Waals surface area contributed by atoms with Crippen LogP contribution in [0.4, 0.5) is 14.6 Å². The molecule has 0 aromatic carbocycles. The molecule has 1 amide bonds. The van der Waals surface area contributed by atoms with E-state index in [9.17, 15) is 13.6 Å². The normalized spacial score (nSPS) is 19.9. The number of nitrogens with zero attached hydrogens (tertiary/aromatic N) is 3. The van der Waals surface area contributed by atoms with Crippen LogP contribution in [0, 0.1) is 16.7 Å². The van der Waals surface area contributed by atoms with Crippen LogP contribution in [0.5, 0.6) is 0 Å². The molecule has 132 valence electrons. The van der Waals surface area contributed by atoms with Crippen LogP contribution < -0.4 is 5.32 Å². The van der Waals surface area contributed by atoms with Gasteiger partial charge in [-0.05, 0) is 18.3 Å². The summed E-state index contributed by atoms with van der Waals surface area (Å²) >= 11 is 0. The fourth-order valence-corrected chi connectivity index (χ4v) is 2.71. The Hall–Kier alpha value is -2.01. The summed E-state index contributed by atoms with van der Waals surface area (Å²) < 4.78 is 32.7. The Kier molecular flexibility index (Phi) is 5.23. The summed E-state index contributed by atoms with van der Waals surface area (Å²) in [6.07, 6.45) is 2.94. The lowest BCUT2D eigenvalue weighted by Gasteiger charge is -2.13. The number of hydrogen-bond donors (Lipinski definition) is 1. The average Bonchev–Trinajstić information content (AvgIpc) is 2.97. The topological polar surface area (TPSA) is 79.9 Å². The number of anilines is 1. The first-order valence-corrected chi connectivity index (χ1v) is 7.85. The molecule has 2 rings (SSSR count). The molecule has 1 fully saturated rings. The van der Waals surface area contributed by atoms with Gasteiger partial charge in [0.15, 0.2) is 5.82 Å². The minimum absolute atomic E-state index is 0.0134. The van der Waals surface area contributed by atoms with Crippen molar-refractivity contribution in [1.82, 2.24) is 9.78 Å². The molecule has 6 nitrogen and oxygen atoms in total. The summed E-state index contributed by atoms with van der Waals surface area (Å²) in [6, 6.07) is 1.85. The van der Waals surface area contributed by atoms with Crippen molar-refractivity contribution in [2.75, 3.05) is 11.9 Å². The van der Waals surface area contributed by atoms with Crippen LogP contribution in [-0.4, -0.2) is 34.3 Å². The molecule has 1 saturated heterocycles. The molecule has 0 bridgehead atoms. The summed E-state index contributed by atoms with van der Waals surface area (Å²) in [6.45, 7) is 5.02. The van der Waals surface area contributed by atoms with Crippen molar-refractivity contribution >= 4 is 11.7 Å². The lowest BCUT2D eigenvalue weighted by atomic mass is 9.89. The number of nitriles is 1. The highest BCUT2D eigenvalue weighted by molar-refractivity contribution is 5.90. The van der Waals surface area contributed by atoms with Crippen molar-refractivity contribution < 1.29 is 18.3 Å². The third-order valence-electron chi connectivity index (χ3n) is 3.76. The first-order chi connectivity index (χ1) is 11.1. The molecule has 1 aromatic heterocycles. The van der Waals surface area contributed by atoms with Crippen LogP contribution in [0.3, 0.4) is 0 Å². The number of carbonyl (C=O) groups excluding carboxylic acids is 1. The third kappa shape index (κ3) is 5.27. The highest BCUT2D eigenvalue weighted by atomic mass is 19.3. The predicted octanol–water partition coefficient (Wildman–Crippen LogP) is 2.94. The van der Waals surface area contributed by atoms with Crippen LogP contribution >= 0.6 is 0 Å². The van der Waals surface area contributed by atoms with Crippen LogP contribution in [0.25, 0.3) is 0 Å². The Labute approximate surface area is 139 Å². The fraction of sp³-hybridized carbons (Fsp3) is 0.688. The summed E-state index contributed by atoms with van der Waals surface area (Å²) in [4.78, 5) is 12.0. The summed E-state index contributed by atoms with van der Waals surface area (Å²) in [5.74, 6) is -3.25. The van der Waals surface area contributed by atoms with E-state index >= 15 is 0 Å². The second-order valence-electron chi connectivity index (χ2n) is 7.16. The maximum Gasteiger partial charge on any atom is 0.264 e. The van der Waals surface area contributed by atoms with E-state index < -0.39 is 12.5 Å². The number of alkyl halides is 2. The van der Waals surface area contributed by atoms with Crippen LogP contribution in [0.15, 0.2) is 6.20 Å². The van der Waals surface area contributed by atoms with Gasteiger partial charge >= 0.3 is 0 Å². The van der Waals surface area contributed by atoms with Gasteiger partial charge in [-0.25, -0.2) is 8.78 Å². The number of amides is 1. The van der Waals surface area contributed by atoms with Gasteiger partial charge in [0.05, 0.1) is 12.7 Å². The van der Waals surface area contributed by atoms with Gasteiger partial charge in [0, 0.05) is 19.5 Å². The summed E-state index contributed by atoms with van der Waals surface area (Å²) in [7, 11) is 0. The molecular weight excluding hydrogens is 318 g/mol. The van der Waals surface area contributed by atoms with Gasteiger partial charge in [0.25, 0.3) is 5.92 Å². The predicted molar refractivity (Wildman–Crippen MR) is 83.6 cm³/mol. The first-order valence-electron chi connectivity index (χ1n) is 7.85. The lowest BCUT2D eigenvalue weighted by molar-refractivity contribution is -0.116. The monoisotopic (exact) mass is 340 g/mol. The third-order valence-corrected chi connectivity index (χ3v) is 3.76.